The number of carbonyl (C=O) groups excluding carboxylic acids is 1. The van der Waals surface area contributed by atoms with E-state index in [1.807, 2.05) is 72.6 Å². The first kappa shape index (κ1) is 38.6. The van der Waals surface area contributed by atoms with Crippen LogP contribution in [0.25, 0.3) is 11.1 Å². The third-order valence-electron chi connectivity index (χ3n) is 9.32. The van der Waals surface area contributed by atoms with Crippen molar-refractivity contribution in [3.8, 4) is 16.9 Å². The molecule has 0 saturated carbocycles. The topological polar surface area (TPSA) is 149 Å². The Morgan fingerprint density at radius 3 is 2.27 bits per heavy atom. The van der Waals surface area contributed by atoms with Gasteiger partial charge in [0.25, 0.3) is 0 Å². The van der Waals surface area contributed by atoms with Crippen molar-refractivity contribution in [3.05, 3.63) is 125 Å². The Morgan fingerprint density at radius 2 is 1.54 bits per heavy atom. The Kier molecular flexibility index (Phi) is 14.4. The lowest BCUT2D eigenvalue weighted by Crippen LogP contribution is -2.39. The van der Waals surface area contributed by atoms with Crippen LogP contribution in [0.4, 0.5) is 0 Å². The summed E-state index contributed by atoms with van der Waals surface area (Å²) in [5.74, 6) is -0.696. The number of likely N-dealkylation sites (N-methyl/N-ethyl adjacent to an activating group) is 1. The van der Waals surface area contributed by atoms with Crippen LogP contribution in [0.2, 0.25) is 0 Å². The van der Waals surface area contributed by atoms with E-state index in [0.29, 0.717) is 44.5 Å². The van der Waals surface area contributed by atoms with Gasteiger partial charge in [-0.25, -0.2) is 0 Å². The van der Waals surface area contributed by atoms with E-state index in [1.54, 1.807) is 24.3 Å². The number of hydrogen-bond donors (Lipinski definition) is 5. The van der Waals surface area contributed by atoms with Crippen LogP contribution >= 0.6 is 0 Å². The van der Waals surface area contributed by atoms with Crippen LogP contribution < -0.4 is 5.32 Å². The van der Waals surface area contributed by atoms with Crippen LogP contribution in [-0.2, 0) is 32.2 Å². The van der Waals surface area contributed by atoms with Gasteiger partial charge in [-0.05, 0) is 77.5 Å². The van der Waals surface area contributed by atoms with E-state index in [2.05, 4.69) is 17.4 Å². The summed E-state index contributed by atoms with van der Waals surface area (Å²) in [7, 11) is 1.94. The number of hydrogen-bond acceptors (Lipinski definition) is 8. The maximum Gasteiger partial charge on any atom is 0.303 e. The number of aliphatic hydroxyl groups is 2. The number of unbranched alkanes of at least 4 members (excludes halogenated alkanes) is 3. The van der Waals surface area contributed by atoms with Gasteiger partial charge in [-0.1, -0.05) is 85.6 Å². The predicted molar refractivity (Wildman–Crippen MR) is 198 cm³/mol. The summed E-state index contributed by atoms with van der Waals surface area (Å²) in [4.78, 5) is 25.1. The summed E-state index contributed by atoms with van der Waals surface area (Å²) in [5, 5.41) is 42.1. The molecular formula is C42H50N2O8. The highest BCUT2D eigenvalue weighted by Gasteiger charge is 2.33. The van der Waals surface area contributed by atoms with E-state index in [-0.39, 0.29) is 36.9 Å². The molecule has 52 heavy (non-hydrogen) atoms. The Hall–Kier alpha value is -4.58. The highest BCUT2D eigenvalue weighted by Crippen LogP contribution is 2.39. The van der Waals surface area contributed by atoms with Crippen molar-refractivity contribution in [2.24, 2.45) is 0 Å². The van der Waals surface area contributed by atoms with E-state index < -0.39 is 18.4 Å². The Labute approximate surface area is 305 Å². The minimum atomic E-state index is -0.786. The van der Waals surface area contributed by atoms with E-state index in [0.717, 1.165) is 52.6 Å². The molecule has 4 aromatic rings. The fourth-order valence-corrected chi connectivity index (χ4v) is 6.52. The molecule has 5 N–H and O–H groups in total. The molecule has 276 valence electrons. The number of aromatic hydroxyl groups is 1. The maximum atomic E-state index is 12.4. The zero-order chi connectivity index (χ0) is 36.9. The first-order chi connectivity index (χ1) is 25.2. The summed E-state index contributed by atoms with van der Waals surface area (Å²) >= 11 is 0. The van der Waals surface area contributed by atoms with Crippen molar-refractivity contribution in [2.45, 2.75) is 82.7 Å². The number of rotatable bonds is 18. The minimum absolute atomic E-state index is 0.0214. The molecule has 10 heteroatoms. The minimum Gasteiger partial charge on any atom is -0.508 e. The lowest BCUT2D eigenvalue weighted by atomic mass is 9.98. The van der Waals surface area contributed by atoms with Gasteiger partial charge in [0.15, 0.2) is 6.29 Å². The van der Waals surface area contributed by atoms with Crippen LogP contribution in [0.3, 0.4) is 0 Å². The second-order valence-electron chi connectivity index (χ2n) is 13.6. The van der Waals surface area contributed by atoms with Gasteiger partial charge in [0, 0.05) is 44.5 Å². The Balaban J connectivity index is 1.25. The Bertz CT molecular complexity index is 1750. The zero-order valence-electron chi connectivity index (χ0n) is 29.7. The van der Waals surface area contributed by atoms with E-state index >= 15 is 0 Å². The van der Waals surface area contributed by atoms with Gasteiger partial charge in [0.2, 0.25) is 5.91 Å². The van der Waals surface area contributed by atoms with Gasteiger partial charge < -0.3 is 40.1 Å². The largest absolute Gasteiger partial charge is 0.508 e. The van der Waals surface area contributed by atoms with Gasteiger partial charge in [0.05, 0.1) is 24.9 Å². The molecule has 1 heterocycles. The van der Waals surface area contributed by atoms with Crippen LogP contribution in [0, 0.1) is 0 Å². The number of nitrogens with one attached hydrogen (secondary N) is 1. The number of aliphatic hydroxyl groups excluding tert-OH is 2. The van der Waals surface area contributed by atoms with Gasteiger partial charge >= 0.3 is 5.97 Å². The number of amides is 1. The Morgan fingerprint density at radius 1 is 0.827 bits per heavy atom. The molecule has 1 aliphatic heterocycles. The molecule has 0 spiro atoms. The molecule has 0 bridgehead atoms. The molecule has 0 unspecified atom stereocenters. The molecule has 4 atom stereocenters. The lowest BCUT2D eigenvalue weighted by Gasteiger charge is -2.38. The number of benzene rings is 4. The van der Waals surface area contributed by atoms with Gasteiger partial charge in [0.1, 0.15) is 5.75 Å². The second-order valence-corrected chi connectivity index (χ2v) is 13.6. The van der Waals surface area contributed by atoms with Crippen molar-refractivity contribution >= 4 is 11.9 Å². The molecule has 1 amide bonds. The first-order valence-corrected chi connectivity index (χ1v) is 18.0. The SMILES string of the molecule is CN(C[C@H]1C[C@@H](c2ccc(CO)cc2)O[C@@H](c2cccc(-c3cccc(CNC(=O)CCCCCCC(=O)O)c3)c2)O1)C[C@@H](O)c1cccc(O)c1. The fourth-order valence-electron chi connectivity index (χ4n) is 6.52. The maximum absolute atomic E-state index is 12.4. The van der Waals surface area contributed by atoms with Crippen molar-refractivity contribution in [2.75, 3.05) is 20.1 Å². The van der Waals surface area contributed by atoms with Crippen molar-refractivity contribution < 1.29 is 39.5 Å². The number of carboxylic acids is 1. The van der Waals surface area contributed by atoms with Crippen molar-refractivity contribution in [1.82, 2.24) is 10.2 Å². The van der Waals surface area contributed by atoms with E-state index in [9.17, 15) is 24.9 Å². The quantitative estimate of drug-likeness (QED) is 0.0703. The lowest BCUT2D eigenvalue weighted by molar-refractivity contribution is -0.252. The molecule has 1 saturated heterocycles. The monoisotopic (exact) mass is 710 g/mol. The highest BCUT2D eigenvalue weighted by molar-refractivity contribution is 5.76. The standard InChI is InChI=1S/C42H50N2O8/c1-44(27-38(47)34-12-8-14-36(46)23-34)26-37-24-39(31-19-17-29(28-45)18-20-31)52-42(51-37)35-13-7-11-33(22-35)32-10-6-9-30(21-32)25-43-40(48)15-4-2-3-5-16-41(49)50/h6-14,17-23,37-39,42,45-47H,2-5,15-16,24-28H2,1H3,(H,43,48)(H,49,50)/t37-,38-,39+,42+/m1/s1. The normalized spacial score (nSPS) is 17.9. The third kappa shape index (κ3) is 11.7. The van der Waals surface area contributed by atoms with E-state index in [4.69, 9.17) is 14.6 Å². The van der Waals surface area contributed by atoms with Gasteiger partial charge in [-0.15, -0.1) is 0 Å². The molecule has 0 aliphatic carbocycles. The third-order valence-corrected chi connectivity index (χ3v) is 9.32. The summed E-state index contributed by atoms with van der Waals surface area (Å²) < 4.78 is 13.2. The number of ether oxygens (including phenoxy) is 2. The number of phenolic OH excluding ortho intramolecular Hbond substituents is 1. The summed E-state index contributed by atoms with van der Waals surface area (Å²) in [6, 6.07) is 30.5. The molecular weight excluding hydrogens is 660 g/mol. The van der Waals surface area contributed by atoms with Gasteiger partial charge in [-0.2, -0.15) is 0 Å². The smallest absolute Gasteiger partial charge is 0.303 e. The number of aliphatic carboxylic acids is 1. The summed E-state index contributed by atoms with van der Waals surface area (Å²) in [5.41, 5.74) is 6.28. The van der Waals surface area contributed by atoms with Gasteiger partial charge in [-0.3, -0.25) is 9.59 Å². The molecule has 1 fully saturated rings. The molecule has 10 nitrogen and oxygen atoms in total. The van der Waals surface area contributed by atoms with Crippen LogP contribution in [0.5, 0.6) is 5.75 Å². The molecule has 0 radical (unpaired) electrons. The molecule has 1 aliphatic rings. The number of phenols is 1. The average Bonchev–Trinajstić information content (AvgIpc) is 3.15. The first-order valence-electron chi connectivity index (χ1n) is 18.0. The number of nitrogens with zero attached hydrogens (tertiary/aromatic N) is 1. The van der Waals surface area contributed by atoms with Crippen LogP contribution in [0.1, 0.15) is 91.3 Å². The van der Waals surface area contributed by atoms with Crippen LogP contribution in [0.15, 0.2) is 97.1 Å². The zero-order valence-corrected chi connectivity index (χ0v) is 29.7. The van der Waals surface area contributed by atoms with E-state index in [1.165, 1.54) is 0 Å². The summed E-state index contributed by atoms with van der Waals surface area (Å²) in [6.45, 7) is 1.27. The molecule has 5 rings (SSSR count). The second kappa shape index (κ2) is 19.3. The highest BCUT2D eigenvalue weighted by atomic mass is 16.7. The molecule has 4 aromatic carbocycles. The predicted octanol–water partition coefficient (Wildman–Crippen LogP) is 6.80. The number of carbonyl (C=O) groups is 2. The molecule has 0 aromatic heterocycles. The number of carboxylic acid groups (broad SMARTS) is 1. The fraction of sp³-hybridized carbons (Fsp3) is 0.381. The van der Waals surface area contributed by atoms with Crippen LogP contribution in [-0.4, -0.2) is 63.4 Å². The average molecular weight is 711 g/mol. The summed E-state index contributed by atoms with van der Waals surface area (Å²) in [6.07, 6.45) is 2.26. The van der Waals surface area contributed by atoms with Crippen molar-refractivity contribution in [3.63, 3.8) is 0 Å². The van der Waals surface area contributed by atoms with Crippen molar-refractivity contribution in [1.29, 1.82) is 0 Å².